The van der Waals surface area contributed by atoms with E-state index in [2.05, 4.69) is 4.90 Å². The minimum atomic E-state index is 0.0655. The lowest BCUT2D eigenvalue weighted by Gasteiger charge is -2.48. The Morgan fingerprint density at radius 3 is 2.86 bits per heavy atom. The molecule has 5 nitrogen and oxygen atoms in total. The van der Waals surface area contributed by atoms with Crippen LogP contribution in [-0.2, 0) is 16.0 Å². The Morgan fingerprint density at radius 2 is 2.07 bits per heavy atom. The van der Waals surface area contributed by atoms with Crippen LogP contribution >= 0.6 is 0 Å². The molecule has 1 aromatic carbocycles. The molecule has 1 aromatic heterocycles. The number of benzene rings is 1. The molecule has 0 unspecified atom stereocenters. The third-order valence-electron chi connectivity index (χ3n) is 7.53. The molecule has 3 fully saturated rings. The Balaban J connectivity index is 1.34. The summed E-state index contributed by atoms with van der Waals surface area (Å²) in [6.45, 7) is 3.22. The molecule has 3 atom stereocenters. The lowest BCUT2D eigenvalue weighted by Crippen LogP contribution is -2.58. The Hall–Kier alpha value is -1.85. The molecule has 3 heterocycles. The summed E-state index contributed by atoms with van der Waals surface area (Å²) in [5, 5.41) is 1.05. The van der Waals surface area contributed by atoms with Crippen molar-refractivity contribution in [3.05, 3.63) is 36.1 Å². The predicted molar refractivity (Wildman–Crippen MR) is 113 cm³/mol. The number of fused-ring (bicyclic) bond motifs is 1. The van der Waals surface area contributed by atoms with Crippen molar-refractivity contribution in [3.63, 3.8) is 0 Å². The van der Waals surface area contributed by atoms with Gasteiger partial charge in [0.15, 0.2) is 0 Å². The third kappa shape index (κ3) is 3.59. The predicted octanol–water partition coefficient (Wildman–Crippen LogP) is 4.00. The summed E-state index contributed by atoms with van der Waals surface area (Å²) in [5.41, 5.74) is 1.97. The average Bonchev–Trinajstić information content (AvgIpc) is 3.49. The van der Waals surface area contributed by atoms with Gasteiger partial charge in [-0.1, -0.05) is 12.1 Å². The van der Waals surface area contributed by atoms with E-state index in [1.807, 2.05) is 36.2 Å². The van der Waals surface area contributed by atoms with Gasteiger partial charge in [0.05, 0.1) is 18.3 Å². The first kappa shape index (κ1) is 19.1. The highest BCUT2D eigenvalue weighted by Gasteiger charge is 2.47. The van der Waals surface area contributed by atoms with E-state index in [-0.39, 0.29) is 17.6 Å². The molecule has 1 aliphatic carbocycles. The van der Waals surface area contributed by atoms with Gasteiger partial charge in [0.1, 0.15) is 5.58 Å². The van der Waals surface area contributed by atoms with E-state index in [1.165, 1.54) is 25.7 Å². The second kappa shape index (κ2) is 7.77. The van der Waals surface area contributed by atoms with Gasteiger partial charge in [-0.3, -0.25) is 9.69 Å². The largest absolute Gasteiger partial charge is 0.464 e. The van der Waals surface area contributed by atoms with Gasteiger partial charge in [0.25, 0.3) is 0 Å². The number of hydrogen-bond acceptors (Lipinski definition) is 4. The van der Waals surface area contributed by atoms with Gasteiger partial charge in [0, 0.05) is 31.1 Å². The summed E-state index contributed by atoms with van der Waals surface area (Å²) in [4.78, 5) is 18.0. The highest BCUT2D eigenvalue weighted by atomic mass is 16.5. The standard InChI is InChI=1S/C24H32N2O3/c1-25(23(27)16-18-6-4-7-22-19(18)9-15-28-22)20-8-11-24(10-5-14-29-24)17-21(20)26-12-2-3-13-26/h4,6-7,9,15,20-21H,2-3,5,8,10-14,16-17H2,1H3/t20-,21-,24-/m0/s1/i23+2. The molecule has 2 aliphatic heterocycles. The second-order valence-electron chi connectivity index (χ2n) is 9.19. The molecule has 0 N–H and O–H groups in total. The fourth-order valence-electron chi connectivity index (χ4n) is 5.92. The van der Waals surface area contributed by atoms with Crippen LogP contribution in [0.15, 0.2) is 34.9 Å². The lowest BCUT2D eigenvalue weighted by atomic mass is 9.76. The van der Waals surface area contributed by atoms with Crippen LogP contribution in [-0.4, -0.2) is 60.1 Å². The van der Waals surface area contributed by atoms with Crippen molar-refractivity contribution in [2.75, 3.05) is 26.7 Å². The molecule has 1 saturated carbocycles. The van der Waals surface area contributed by atoms with Crippen LogP contribution in [0.1, 0.15) is 50.5 Å². The summed E-state index contributed by atoms with van der Waals surface area (Å²) < 4.78 is 11.8. The quantitative estimate of drug-likeness (QED) is 0.781. The van der Waals surface area contributed by atoms with Crippen molar-refractivity contribution in [2.45, 2.75) is 69.1 Å². The number of carbonyl (C=O) groups is 1. The summed E-state index contributed by atoms with van der Waals surface area (Å²) in [5.74, 6) is 0.205. The van der Waals surface area contributed by atoms with Gasteiger partial charge in [-0.2, -0.15) is 0 Å². The fraction of sp³-hybridized carbons (Fsp3) is 0.625. The van der Waals surface area contributed by atoms with Crippen LogP contribution in [0.4, 0.5) is 0 Å². The van der Waals surface area contributed by atoms with Crippen LogP contribution in [0.5, 0.6) is 0 Å². The van der Waals surface area contributed by atoms with Crippen molar-refractivity contribution < 1.29 is 13.9 Å². The van der Waals surface area contributed by atoms with Crippen molar-refractivity contribution in [1.82, 2.24) is 9.80 Å². The van der Waals surface area contributed by atoms with Crippen LogP contribution < -0.4 is 0 Å². The van der Waals surface area contributed by atoms with E-state index < -0.39 is 0 Å². The maximum absolute atomic E-state index is 13.3. The first-order valence-corrected chi connectivity index (χ1v) is 11.2. The number of furan rings is 1. The summed E-state index contributed by atoms with van der Waals surface area (Å²) >= 11 is 0. The summed E-state index contributed by atoms with van der Waals surface area (Å²) in [6.07, 6.45) is 10.2. The topological polar surface area (TPSA) is 45.9 Å². The number of likely N-dealkylation sites (tertiary alicyclic amines) is 1. The van der Waals surface area contributed by atoms with E-state index in [9.17, 15) is 4.79 Å². The minimum absolute atomic E-state index is 0.0655. The van der Waals surface area contributed by atoms with Crippen molar-refractivity contribution in [1.29, 1.82) is 0 Å². The molecular weight excluding hydrogens is 366 g/mol. The molecule has 5 rings (SSSR count). The van der Waals surface area contributed by atoms with Gasteiger partial charge in [0.2, 0.25) is 5.91 Å². The van der Waals surface area contributed by atoms with Crippen LogP contribution in [0.25, 0.3) is 11.0 Å². The zero-order valence-electron chi connectivity index (χ0n) is 17.4. The van der Waals surface area contributed by atoms with Gasteiger partial charge in [-0.15, -0.1) is 0 Å². The number of hydrogen-bond donors (Lipinski definition) is 0. The van der Waals surface area contributed by atoms with Gasteiger partial charge in [-0.25, -0.2) is 0 Å². The van der Waals surface area contributed by atoms with E-state index in [0.29, 0.717) is 12.5 Å². The zero-order chi connectivity index (χ0) is 19.8. The highest BCUT2D eigenvalue weighted by Crippen LogP contribution is 2.43. The molecule has 1 spiro atoms. The first-order valence-electron chi connectivity index (χ1n) is 11.2. The number of carbonyl (C=O) groups excluding carboxylic acids is 1. The maximum atomic E-state index is 13.3. The Labute approximate surface area is 173 Å². The SMILES string of the molecule is CN([C@H]1CC[C@@]2(CCCO2)C[C@@H]1N1CCCC1)[14C](=O)Cc1cccc2occc12. The second-order valence-corrected chi connectivity index (χ2v) is 9.19. The summed E-state index contributed by atoms with van der Waals surface area (Å²) in [7, 11) is 2.01. The van der Waals surface area contributed by atoms with E-state index >= 15 is 0 Å². The number of likely N-dealkylation sites (N-methyl/N-ethyl adjacent to an activating group) is 1. The lowest BCUT2D eigenvalue weighted by molar-refractivity contribution is -0.136. The van der Waals surface area contributed by atoms with Gasteiger partial charge in [-0.05, 0) is 75.7 Å². The molecule has 156 valence electrons. The molecule has 2 aromatic rings. The first-order chi connectivity index (χ1) is 14.2. The zero-order valence-corrected chi connectivity index (χ0v) is 17.4. The number of amides is 1. The minimum Gasteiger partial charge on any atom is -0.464 e. The van der Waals surface area contributed by atoms with Crippen molar-refractivity contribution >= 4 is 16.9 Å². The van der Waals surface area contributed by atoms with E-state index in [4.69, 9.17) is 9.15 Å². The molecular formula is C24H32N2O3. The van der Waals surface area contributed by atoms with Crippen LogP contribution in [0.2, 0.25) is 0 Å². The third-order valence-corrected chi connectivity index (χ3v) is 7.53. The number of nitrogens with zero attached hydrogens (tertiary/aromatic N) is 2. The average molecular weight is 399 g/mol. The number of ether oxygens (including phenoxy) is 1. The van der Waals surface area contributed by atoms with Gasteiger partial charge < -0.3 is 14.1 Å². The van der Waals surface area contributed by atoms with Crippen LogP contribution in [0.3, 0.4) is 0 Å². The normalized spacial score (nSPS) is 30.4. The molecule has 3 aliphatic rings. The maximum Gasteiger partial charge on any atom is 0.227 e. The van der Waals surface area contributed by atoms with E-state index in [0.717, 1.165) is 55.5 Å². The monoisotopic (exact) mass is 398 g/mol. The molecule has 5 heteroatoms. The fourth-order valence-corrected chi connectivity index (χ4v) is 5.92. The summed E-state index contributed by atoms with van der Waals surface area (Å²) in [6, 6.07) is 8.64. The Morgan fingerprint density at radius 1 is 1.21 bits per heavy atom. The molecule has 0 bridgehead atoms. The molecule has 2 saturated heterocycles. The molecule has 1 amide bonds. The Kier molecular flexibility index (Phi) is 5.12. The van der Waals surface area contributed by atoms with Crippen molar-refractivity contribution in [2.24, 2.45) is 0 Å². The number of rotatable bonds is 4. The smallest absolute Gasteiger partial charge is 0.227 e. The van der Waals surface area contributed by atoms with Gasteiger partial charge >= 0.3 is 0 Å². The highest BCUT2D eigenvalue weighted by molar-refractivity contribution is 5.87. The van der Waals surface area contributed by atoms with E-state index in [1.54, 1.807) is 6.26 Å². The molecule has 29 heavy (non-hydrogen) atoms. The molecule has 0 radical (unpaired) electrons. The van der Waals surface area contributed by atoms with Crippen molar-refractivity contribution in [3.8, 4) is 0 Å². The Bertz CT molecular complexity index is 864. The van der Waals surface area contributed by atoms with Crippen LogP contribution in [0, 0.1) is 0 Å².